The van der Waals surface area contributed by atoms with Gasteiger partial charge in [-0.2, -0.15) is 0 Å². The Morgan fingerprint density at radius 3 is 2.63 bits per heavy atom. The number of carbonyl (C=O) groups is 1. The molecular weight excluding hydrogens is 268 g/mol. The molecule has 19 heavy (non-hydrogen) atoms. The minimum Gasteiger partial charge on any atom is -0.477 e. The Hall–Kier alpha value is -2.41. The maximum Gasteiger partial charge on any atom is 0.348 e. The number of anilines is 1. The molecule has 0 amide bonds. The average molecular weight is 278 g/mol. The van der Waals surface area contributed by atoms with Crippen molar-refractivity contribution in [2.45, 2.75) is 6.92 Å². The highest BCUT2D eigenvalue weighted by Gasteiger charge is 2.17. The first kappa shape index (κ1) is 13.0. The van der Waals surface area contributed by atoms with Gasteiger partial charge < -0.3 is 10.8 Å². The van der Waals surface area contributed by atoms with Crippen molar-refractivity contribution in [2.24, 2.45) is 0 Å². The van der Waals surface area contributed by atoms with Crippen LogP contribution in [0.2, 0.25) is 0 Å². The normalized spacial score (nSPS) is 10.4. The van der Waals surface area contributed by atoms with Crippen LogP contribution in [0.3, 0.4) is 0 Å². The van der Waals surface area contributed by atoms with Crippen LogP contribution in [-0.4, -0.2) is 16.0 Å². The fraction of sp³-hybridized carbons (Fsp3) is 0.0833. The first-order chi connectivity index (χ1) is 8.90. The van der Waals surface area contributed by atoms with Crippen LogP contribution in [0.1, 0.15) is 15.2 Å². The van der Waals surface area contributed by atoms with Crippen molar-refractivity contribution in [3.63, 3.8) is 0 Å². The van der Waals surface area contributed by atoms with Crippen molar-refractivity contribution in [2.75, 3.05) is 5.73 Å². The van der Waals surface area contributed by atoms with E-state index >= 15 is 0 Å². The highest BCUT2D eigenvalue weighted by molar-refractivity contribution is 7.18. The van der Waals surface area contributed by atoms with Crippen LogP contribution in [0.25, 0.3) is 10.4 Å². The van der Waals surface area contributed by atoms with Gasteiger partial charge in [0.15, 0.2) is 0 Å². The zero-order chi connectivity index (χ0) is 14.2. The molecular formula is C12H10N2O4S. The van der Waals surface area contributed by atoms with Crippen molar-refractivity contribution in [1.29, 1.82) is 0 Å². The molecule has 0 bridgehead atoms. The second kappa shape index (κ2) is 4.69. The zero-order valence-electron chi connectivity index (χ0n) is 9.91. The number of thiophene rings is 1. The number of carboxylic acid groups (broad SMARTS) is 1. The second-order valence-electron chi connectivity index (χ2n) is 3.96. The van der Waals surface area contributed by atoms with E-state index in [0.717, 1.165) is 16.9 Å². The predicted molar refractivity (Wildman–Crippen MR) is 72.5 cm³/mol. The Kier molecular flexibility index (Phi) is 3.22. The van der Waals surface area contributed by atoms with Crippen molar-refractivity contribution in [1.82, 2.24) is 0 Å². The summed E-state index contributed by atoms with van der Waals surface area (Å²) in [5.74, 6) is -1.10. The highest BCUT2D eigenvalue weighted by Crippen LogP contribution is 2.36. The number of nitro benzene ring substituents is 1. The molecule has 0 aliphatic carbocycles. The molecule has 1 aromatic carbocycles. The molecule has 2 rings (SSSR count). The number of nitrogens with two attached hydrogens (primary N) is 1. The first-order valence-corrected chi connectivity index (χ1v) is 6.10. The Bertz CT molecular complexity index is 678. The van der Waals surface area contributed by atoms with Crippen LogP contribution in [0.15, 0.2) is 24.3 Å². The van der Waals surface area contributed by atoms with Gasteiger partial charge >= 0.3 is 5.97 Å². The van der Waals surface area contributed by atoms with Gasteiger partial charge in [0, 0.05) is 22.6 Å². The number of aromatic carboxylic acids is 1. The summed E-state index contributed by atoms with van der Waals surface area (Å²) in [7, 11) is 0. The van der Waals surface area contributed by atoms with Gasteiger partial charge in [0.1, 0.15) is 4.88 Å². The molecule has 7 heteroatoms. The summed E-state index contributed by atoms with van der Waals surface area (Å²) in [6.07, 6.45) is 0. The van der Waals surface area contributed by atoms with Crippen LogP contribution in [0.4, 0.5) is 11.4 Å². The number of hydrogen-bond donors (Lipinski definition) is 2. The third-order valence-electron chi connectivity index (χ3n) is 2.65. The van der Waals surface area contributed by atoms with Crippen molar-refractivity contribution < 1.29 is 14.8 Å². The van der Waals surface area contributed by atoms with Gasteiger partial charge in [-0.1, -0.05) is 6.07 Å². The van der Waals surface area contributed by atoms with Crippen molar-refractivity contribution >= 4 is 28.7 Å². The molecule has 1 heterocycles. The molecule has 0 aliphatic heterocycles. The first-order valence-electron chi connectivity index (χ1n) is 5.28. The minimum atomic E-state index is -1.10. The zero-order valence-corrected chi connectivity index (χ0v) is 10.7. The van der Waals surface area contributed by atoms with Gasteiger partial charge in [-0.15, -0.1) is 11.3 Å². The summed E-state index contributed by atoms with van der Waals surface area (Å²) in [5, 5.41) is 19.7. The summed E-state index contributed by atoms with van der Waals surface area (Å²) in [5.41, 5.74) is 7.20. The van der Waals surface area contributed by atoms with Crippen LogP contribution >= 0.6 is 11.3 Å². The molecule has 0 saturated heterocycles. The fourth-order valence-corrected chi connectivity index (χ4v) is 2.69. The Labute approximate surface area is 112 Å². The van der Waals surface area contributed by atoms with Crippen LogP contribution in [0, 0.1) is 17.0 Å². The Balaban J connectivity index is 2.58. The van der Waals surface area contributed by atoms with Gasteiger partial charge in [0.25, 0.3) is 5.69 Å². The van der Waals surface area contributed by atoms with Gasteiger partial charge in [-0.05, 0) is 18.6 Å². The quantitative estimate of drug-likeness (QED) is 0.663. The van der Waals surface area contributed by atoms with Crippen LogP contribution < -0.4 is 5.73 Å². The van der Waals surface area contributed by atoms with Crippen LogP contribution in [0.5, 0.6) is 0 Å². The lowest BCUT2D eigenvalue weighted by Gasteiger charge is -2.02. The van der Waals surface area contributed by atoms with E-state index < -0.39 is 10.9 Å². The summed E-state index contributed by atoms with van der Waals surface area (Å²) in [6.45, 7) is 1.80. The predicted octanol–water partition coefficient (Wildman–Crippen LogP) is 2.91. The third kappa shape index (κ3) is 2.41. The van der Waals surface area contributed by atoms with E-state index in [1.54, 1.807) is 13.0 Å². The molecule has 0 aliphatic rings. The largest absolute Gasteiger partial charge is 0.477 e. The van der Waals surface area contributed by atoms with E-state index in [4.69, 9.17) is 10.8 Å². The number of benzene rings is 1. The van der Waals surface area contributed by atoms with Crippen LogP contribution in [-0.2, 0) is 0 Å². The van der Waals surface area contributed by atoms with Gasteiger partial charge in [-0.3, -0.25) is 10.1 Å². The van der Waals surface area contributed by atoms with E-state index in [1.807, 2.05) is 0 Å². The number of non-ortho nitro benzene ring substituents is 1. The van der Waals surface area contributed by atoms with Crippen molar-refractivity contribution in [3.05, 3.63) is 44.8 Å². The summed E-state index contributed by atoms with van der Waals surface area (Å²) in [6, 6.07) is 5.99. The standard InChI is InChI=1S/C12H10N2O4S/c1-6-2-3-7(14(17)18)4-8(6)10-5-9(13)11(19-10)12(15)16/h2-5H,13H2,1H3,(H,15,16). The molecule has 0 fully saturated rings. The molecule has 6 nitrogen and oxygen atoms in total. The maximum atomic E-state index is 10.9. The minimum absolute atomic E-state index is 0.0375. The third-order valence-corrected chi connectivity index (χ3v) is 3.82. The molecule has 0 spiro atoms. The van der Waals surface area contributed by atoms with E-state index in [0.29, 0.717) is 10.4 Å². The lowest BCUT2D eigenvalue weighted by Crippen LogP contribution is -1.96. The van der Waals surface area contributed by atoms with E-state index in [2.05, 4.69) is 0 Å². The molecule has 0 atom stereocenters. The molecule has 2 aromatic rings. The van der Waals surface area contributed by atoms with E-state index in [-0.39, 0.29) is 16.3 Å². The van der Waals surface area contributed by atoms with E-state index in [9.17, 15) is 14.9 Å². The van der Waals surface area contributed by atoms with Gasteiger partial charge in [0.2, 0.25) is 0 Å². The molecule has 0 unspecified atom stereocenters. The number of nitrogens with zero attached hydrogens (tertiary/aromatic N) is 1. The maximum absolute atomic E-state index is 10.9. The van der Waals surface area contributed by atoms with Gasteiger partial charge in [0.05, 0.1) is 10.6 Å². The average Bonchev–Trinajstić information content (AvgIpc) is 2.71. The topological polar surface area (TPSA) is 106 Å². The Morgan fingerprint density at radius 1 is 1.42 bits per heavy atom. The summed E-state index contributed by atoms with van der Waals surface area (Å²) >= 11 is 1.01. The summed E-state index contributed by atoms with van der Waals surface area (Å²) in [4.78, 5) is 21.9. The molecule has 98 valence electrons. The molecule has 3 N–H and O–H groups in total. The number of nitrogen functional groups attached to an aromatic ring is 1. The lowest BCUT2D eigenvalue weighted by atomic mass is 10.1. The monoisotopic (exact) mass is 278 g/mol. The Morgan fingerprint density at radius 2 is 2.11 bits per heavy atom. The molecule has 0 saturated carbocycles. The smallest absolute Gasteiger partial charge is 0.348 e. The highest BCUT2D eigenvalue weighted by atomic mass is 32.1. The number of aryl methyl sites for hydroxylation is 1. The summed E-state index contributed by atoms with van der Waals surface area (Å²) < 4.78 is 0. The number of nitro groups is 1. The fourth-order valence-electron chi connectivity index (χ4n) is 1.69. The molecule has 1 aromatic heterocycles. The number of hydrogen-bond acceptors (Lipinski definition) is 5. The molecule has 0 radical (unpaired) electrons. The SMILES string of the molecule is Cc1ccc([N+](=O)[O-])cc1-c1cc(N)c(C(=O)O)s1. The van der Waals surface area contributed by atoms with Crippen molar-refractivity contribution in [3.8, 4) is 10.4 Å². The van der Waals surface area contributed by atoms with E-state index in [1.165, 1.54) is 18.2 Å². The lowest BCUT2D eigenvalue weighted by molar-refractivity contribution is -0.384. The number of rotatable bonds is 3. The van der Waals surface area contributed by atoms with Gasteiger partial charge in [-0.25, -0.2) is 4.79 Å². The second-order valence-corrected chi connectivity index (χ2v) is 5.01. The number of carboxylic acids is 1.